The van der Waals surface area contributed by atoms with Crippen molar-refractivity contribution in [3.05, 3.63) is 57.8 Å². The summed E-state index contributed by atoms with van der Waals surface area (Å²) in [7, 11) is 0. The van der Waals surface area contributed by atoms with Crippen molar-refractivity contribution in [2.75, 3.05) is 0 Å². The molecule has 0 atom stereocenters. The molecule has 4 heteroatoms. The molecule has 0 bridgehead atoms. The summed E-state index contributed by atoms with van der Waals surface area (Å²) in [6.07, 6.45) is 2.40. The highest BCUT2D eigenvalue weighted by molar-refractivity contribution is 6.35. The van der Waals surface area contributed by atoms with E-state index < -0.39 is 0 Å². The summed E-state index contributed by atoms with van der Waals surface area (Å²) in [6, 6.07) is 10.8. The molecule has 0 aliphatic heterocycles. The van der Waals surface area contributed by atoms with Crippen molar-refractivity contribution >= 4 is 23.2 Å². The normalized spacial score (nSPS) is 14.6. The van der Waals surface area contributed by atoms with E-state index in [1.54, 1.807) is 18.2 Å². The number of benzene rings is 2. The van der Waals surface area contributed by atoms with Crippen LogP contribution in [0.5, 0.6) is 0 Å². The highest BCUT2D eigenvalue weighted by atomic mass is 35.5. The number of hydrogen-bond donors (Lipinski definition) is 1. The van der Waals surface area contributed by atoms with Crippen LogP contribution in [0.4, 0.5) is 4.39 Å². The molecule has 1 aliphatic rings. The van der Waals surface area contributed by atoms with Crippen molar-refractivity contribution in [2.24, 2.45) is 0 Å². The SMILES string of the molecule is Fc1ccc(-c2cc(Cl)cc(Cl)c2)c(CNC2CC2)c1. The number of hydrogen-bond acceptors (Lipinski definition) is 1. The smallest absolute Gasteiger partial charge is 0.123 e. The lowest BCUT2D eigenvalue weighted by atomic mass is 9.99. The van der Waals surface area contributed by atoms with E-state index >= 15 is 0 Å². The maximum atomic E-state index is 13.5. The van der Waals surface area contributed by atoms with Gasteiger partial charge in [-0.1, -0.05) is 29.3 Å². The summed E-state index contributed by atoms with van der Waals surface area (Å²) in [5.74, 6) is -0.227. The van der Waals surface area contributed by atoms with Gasteiger partial charge in [0.15, 0.2) is 0 Å². The van der Waals surface area contributed by atoms with Crippen molar-refractivity contribution in [1.29, 1.82) is 0 Å². The average Bonchev–Trinajstić information content (AvgIpc) is 3.19. The summed E-state index contributed by atoms with van der Waals surface area (Å²) >= 11 is 12.1. The quantitative estimate of drug-likeness (QED) is 0.833. The molecule has 20 heavy (non-hydrogen) atoms. The highest BCUT2D eigenvalue weighted by Gasteiger charge is 2.20. The van der Waals surface area contributed by atoms with Gasteiger partial charge in [0.2, 0.25) is 0 Å². The molecule has 0 amide bonds. The minimum Gasteiger partial charge on any atom is -0.310 e. The van der Waals surface area contributed by atoms with Crippen LogP contribution in [0.15, 0.2) is 36.4 Å². The number of halogens is 3. The largest absolute Gasteiger partial charge is 0.310 e. The molecule has 3 rings (SSSR count). The van der Waals surface area contributed by atoms with Crippen LogP contribution in [0.3, 0.4) is 0 Å². The second-order valence-electron chi connectivity index (χ2n) is 5.11. The molecule has 1 N–H and O–H groups in total. The van der Waals surface area contributed by atoms with E-state index in [0.29, 0.717) is 22.6 Å². The zero-order valence-corrected chi connectivity index (χ0v) is 12.3. The van der Waals surface area contributed by atoms with E-state index in [9.17, 15) is 4.39 Å². The van der Waals surface area contributed by atoms with E-state index in [1.807, 2.05) is 12.1 Å². The summed E-state index contributed by atoms with van der Waals surface area (Å²) in [6.45, 7) is 0.655. The van der Waals surface area contributed by atoms with Crippen molar-refractivity contribution in [1.82, 2.24) is 5.32 Å². The van der Waals surface area contributed by atoms with Gasteiger partial charge < -0.3 is 5.32 Å². The van der Waals surface area contributed by atoms with Crippen LogP contribution in [0.2, 0.25) is 10.0 Å². The Labute approximate surface area is 127 Å². The Morgan fingerprint density at radius 3 is 2.40 bits per heavy atom. The van der Waals surface area contributed by atoms with Crippen LogP contribution in [0.25, 0.3) is 11.1 Å². The van der Waals surface area contributed by atoms with Crippen LogP contribution < -0.4 is 5.32 Å². The Morgan fingerprint density at radius 1 is 1.05 bits per heavy atom. The van der Waals surface area contributed by atoms with Gasteiger partial charge in [-0.2, -0.15) is 0 Å². The van der Waals surface area contributed by atoms with Crippen LogP contribution in [-0.2, 0) is 6.54 Å². The van der Waals surface area contributed by atoms with E-state index in [0.717, 1.165) is 16.7 Å². The van der Waals surface area contributed by atoms with Crippen molar-refractivity contribution < 1.29 is 4.39 Å². The predicted molar refractivity (Wildman–Crippen MR) is 81.7 cm³/mol. The summed E-state index contributed by atoms with van der Waals surface area (Å²) in [5.41, 5.74) is 2.80. The molecular weight excluding hydrogens is 296 g/mol. The van der Waals surface area contributed by atoms with Gasteiger partial charge in [0.1, 0.15) is 5.82 Å². The molecule has 0 radical (unpaired) electrons. The van der Waals surface area contributed by atoms with Crippen LogP contribution in [-0.4, -0.2) is 6.04 Å². The van der Waals surface area contributed by atoms with E-state index in [2.05, 4.69) is 5.32 Å². The molecule has 1 aliphatic carbocycles. The first-order valence-corrected chi connectivity index (χ1v) is 7.36. The Bertz CT molecular complexity index is 618. The first-order valence-electron chi connectivity index (χ1n) is 6.60. The molecule has 0 aromatic heterocycles. The van der Waals surface area contributed by atoms with Crippen LogP contribution in [0, 0.1) is 5.82 Å². The zero-order valence-electron chi connectivity index (χ0n) is 10.8. The van der Waals surface area contributed by atoms with Gasteiger partial charge in [-0.25, -0.2) is 4.39 Å². The third-order valence-corrected chi connectivity index (χ3v) is 3.84. The molecule has 2 aromatic rings. The first-order chi connectivity index (χ1) is 9.61. The summed E-state index contributed by atoms with van der Waals surface area (Å²) in [5, 5.41) is 4.57. The van der Waals surface area contributed by atoms with Crippen molar-refractivity contribution in [3.8, 4) is 11.1 Å². The minimum atomic E-state index is -0.227. The summed E-state index contributed by atoms with van der Waals surface area (Å²) < 4.78 is 13.5. The van der Waals surface area contributed by atoms with Gasteiger partial charge >= 0.3 is 0 Å². The summed E-state index contributed by atoms with van der Waals surface area (Å²) in [4.78, 5) is 0. The lowest BCUT2D eigenvalue weighted by Gasteiger charge is -2.12. The third kappa shape index (κ3) is 3.32. The Kier molecular flexibility index (Phi) is 3.97. The molecule has 104 valence electrons. The Morgan fingerprint density at radius 2 is 1.75 bits per heavy atom. The van der Waals surface area contributed by atoms with Gasteiger partial charge in [-0.15, -0.1) is 0 Å². The zero-order chi connectivity index (χ0) is 14.1. The van der Waals surface area contributed by atoms with E-state index in [1.165, 1.54) is 18.9 Å². The predicted octanol–water partition coefficient (Wildman–Crippen LogP) is 5.05. The van der Waals surface area contributed by atoms with E-state index in [-0.39, 0.29) is 5.82 Å². The maximum absolute atomic E-state index is 13.5. The average molecular weight is 310 g/mol. The van der Waals surface area contributed by atoms with Gasteiger partial charge in [0, 0.05) is 22.6 Å². The van der Waals surface area contributed by atoms with Crippen LogP contribution in [0.1, 0.15) is 18.4 Å². The molecule has 0 heterocycles. The molecule has 1 saturated carbocycles. The molecule has 0 spiro atoms. The fourth-order valence-electron chi connectivity index (χ4n) is 2.24. The molecule has 2 aromatic carbocycles. The number of nitrogens with one attached hydrogen (secondary N) is 1. The first kappa shape index (κ1) is 13.9. The lowest BCUT2D eigenvalue weighted by molar-refractivity contribution is 0.620. The lowest BCUT2D eigenvalue weighted by Crippen LogP contribution is -2.16. The van der Waals surface area contributed by atoms with Crippen molar-refractivity contribution in [3.63, 3.8) is 0 Å². The van der Waals surface area contributed by atoms with Crippen molar-refractivity contribution in [2.45, 2.75) is 25.4 Å². The van der Waals surface area contributed by atoms with Gasteiger partial charge in [-0.3, -0.25) is 0 Å². The second kappa shape index (κ2) is 5.72. The van der Waals surface area contributed by atoms with Crippen LogP contribution >= 0.6 is 23.2 Å². The highest BCUT2D eigenvalue weighted by Crippen LogP contribution is 2.30. The molecule has 0 saturated heterocycles. The Balaban J connectivity index is 1.97. The maximum Gasteiger partial charge on any atom is 0.123 e. The number of rotatable bonds is 4. The fourth-order valence-corrected chi connectivity index (χ4v) is 2.77. The second-order valence-corrected chi connectivity index (χ2v) is 5.99. The Hall–Kier alpha value is -1.09. The standard InChI is InChI=1S/C16H14Cl2FN/c17-12-5-10(6-13(18)8-12)16-4-1-14(19)7-11(16)9-20-15-2-3-15/h1,4-8,15,20H,2-3,9H2. The monoisotopic (exact) mass is 309 g/mol. The fraction of sp³-hybridized carbons (Fsp3) is 0.250. The molecule has 1 nitrogen and oxygen atoms in total. The third-order valence-electron chi connectivity index (χ3n) is 3.40. The molecule has 0 unspecified atom stereocenters. The topological polar surface area (TPSA) is 12.0 Å². The van der Waals surface area contributed by atoms with Gasteiger partial charge in [0.05, 0.1) is 0 Å². The van der Waals surface area contributed by atoms with E-state index in [4.69, 9.17) is 23.2 Å². The minimum absolute atomic E-state index is 0.227. The van der Waals surface area contributed by atoms with Gasteiger partial charge in [0.25, 0.3) is 0 Å². The van der Waals surface area contributed by atoms with Gasteiger partial charge in [-0.05, 0) is 59.9 Å². The molecule has 1 fully saturated rings. The molecular formula is C16H14Cl2FN.